The molecule has 0 fully saturated rings. The maximum atomic E-state index is 12.5. The first-order valence-corrected chi connectivity index (χ1v) is 12.0. The van der Waals surface area contributed by atoms with E-state index < -0.39 is 17.8 Å². The van der Waals surface area contributed by atoms with Gasteiger partial charge in [0, 0.05) is 23.2 Å². The molecule has 0 spiro atoms. The lowest BCUT2D eigenvalue weighted by Gasteiger charge is -2.19. The third-order valence-electron chi connectivity index (χ3n) is 4.98. The van der Waals surface area contributed by atoms with Gasteiger partial charge in [-0.05, 0) is 66.0 Å². The van der Waals surface area contributed by atoms with Crippen LogP contribution in [0.5, 0.6) is 0 Å². The fourth-order valence-electron chi connectivity index (χ4n) is 2.94. The molecule has 2 aromatic rings. The fraction of sp³-hybridized carbons (Fsp3) is 0.346. The molecular weight excluding hydrogens is 480 g/mol. The highest BCUT2D eigenvalue weighted by atomic mass is 32.1. The Balaban J connectivity index is 1.79. The van der Waals surface area contributed by atoms with Gasteiger partial charge in [0.2, 0.25) is 5.91 Å². The van der Waals surface area contributed by atoms with Crippen LogP contribution in [0.4, 0.5) is 5.69 Å². The number of ether oxygens (including phenoxy) is 1. The van der Waals surface area contributed by atoms with Crippen LogP contribution >= 0.6 is 12.2 Å². The van der Waals surface area contributed by atoms with Gasteiger partial charge >= 0.3 is 5.97 Å². The number of carbonyl (C=O) groups is 4. The van der Waals surface area contributed by atoms with Crippen molar-refractivity contribution in [3.05, 3.63) is 65.2 Å². The number of carbonyl (C=O) groups excluding carboxylic acids is 4. The molecule has 0 unspecified atom stereocenters. The molecule has 2 aromatic carbocycles. The number of hydrogen-bond donors (Lipinski definition) is 4. The zero-order chi connectivity index (χ0) is 26.7. The standard InChI is InChI=1S/C26H32N4O5S/c1-5-16-35-22(32)15-14-21(31)28-25(36)30-29-24(34)18-8-12-20(13-9-18)27-23(33)17-6-10-19(11-7-17)26(2,3)4/h6-13H,5,14-16H2,1-4H3,(H,27,33)(H,29,34)(H2,28,30,31,36). The van der Waals surface area contributed by atoms with Gasteiger partial charge in [0.25, 0.3) is 11.8 Å². The molecule has 0 aliphatic carbocycles. The lowest BCUT2D eigenvalue weighted by Crippen LogP contribution is -2.48. The molecule has 10 heteroatoms. The monoisotopic (exact) mass is 512 g/mol. The molecule has 0 bridgehead atoms. The van der Waals surface area contributed by atoms with Crippen LogP contribution in [-0.2, 0) is 19.7 Å². The Morgan fingerprint density at radius 1 is 0.833 bits per heavy atom. The predicted molar refractivity (Wildman–Crippen MR) is 141 cm³/mol. The van der Waals surface area contributed by atoms with Crippen LogP contribution in [0.25, 0.3) is 0 Å². The van der Waals surface area contributed by atoms with E-state index in [2.05, 4.69) is 42.3 Å². The van der Waals surface area contributed by atoms with Crippen LogP contribution in [0.1, 0.15) is 73.2 Å². The zero-order valence-electron chi connectivity index (χ0n) is 20.9. The molecule has 0 atom stereocenters. The number of thiocarbonyl (C=S) groups is 1. The first-order chi connectivity index (χ1) is 17.0. The highest BCUT2D eigenvalue weighted by molar-refractivity contribution is 7.80. The summed E-state index contributed by atoms with van der Waals surface area (Å²) in [5.74, 6) is -1.69. The van der Waals surface area contributed by atoms with Crippen LogP contribution in [0.15, 0.2) is 48.5 Å². The van der Waals surface area contributed by atoms with Gasteiger partial charge in [-0.25, -0.2) is 0 Å². The molecule has 0 saturated heterocycles. The van der Waals surface area contributed by atoms with Crippen molar-refractivity contribution in [3.8, 4) is 0 Å². The molecule has 0 saturated carbocycles. The highest BCUT2D eigenvalue weighted by Crippen LogP contribution is 2.22. The summed E-state index contributed by atoms with van der Waals surface area (Å²) in [5.41, 5.74) is 7.31. The van der Waals surface area contributed by atoms with Crippen molar-refractivity contribution in [3.63, 3.8) is 0 Å². The molecule has 0 aromatic heterocycles. The normalized spacial score (nSPS) is 10.7. The van der Waals surface area contributed by atoms with Gasteiger partial charge in [-0.15, -0.1) is 0 Å². The second-order valence-corrected chi connectivity index (χ2v) is 9.44. The number of hydrazine groups is 1. The van der Waals surface area contributed by atoms with Gasteiger partial charge in [-0.1, -0.05) is 39.8 Å². The van der Waals surface area contributed by atoms with Crippen molar-refractivity contribution in [2.24, 2.45) is 0 Å². The summed E-state index contributed by atoms with van der Waals surface area (Å²) < 4.78 is 4.89. The van der Waals surface area contributed by atoms with E-state index in [0.29, 0.717) is 29.8 Å². The summed E-state index contributed by atoms with van der Waals surface area (Å²) >= 11 is 4.97. The number of amides is 3. The second kappa shape index (κ2) is 13.3. The first-order valence-electron chi connectivity index (χ1n) is 11.6. The van der Waals surface area contributed by atoms with Gasteiger partial charge in [0.05, 0.1) is 13.0 Å². The Labute approximate surface area is 216 Å². The van der Waals surface area contributed by atoms with Crippen molar-refractivity contribution in [1.82, 2.24) is 16.2 Å². The number of hydrogen-bond acceptors (Lipinski definition) is 6. The molecule has 192 valence electrons. The van der Waals surface area contributed by atoms with E-state index in [-0.39, 0.29) is 29.3 Å². The third-order valence-corrected chi connectivity index (χ3v) is 5.19. The first kappa shape index (κ1) is 28.4. The van der Waals surface area contributed by atoms with Gasteiger partial charge in [-0.2, -0.15) is 0 Å². The van der Waals surface area contributed by atoms with Gasteiger partial charge < -0.3 is 15.4 Å². The quantitative estimate of drug-likeness (QED) is 0.242. The molecule has 36 heavy (non-hydrogen) atoms. The van der Waals surface area contributed by atoms with E-state index in [1.807, 2.05) is 19.1 Å². The maximum Gasteiger partial charge on any atom is 0.306 e. The minimum Gasteiger partial charge on any atom is -0.466 e. The van der Waals surface area contributed by atoms with Crippen molar-refractivity contribution >= 4 is 46.7 Å². The van der Waals surface area contributed by atoms with E-state index in [1.54, 1.807) is 36.4 Å². The Bertz CT molecular complexity index is 1090. The largest absolute Gasteiger partial charge is 0.466 e. The summed E-state index contributed by atoms with van der Waals surface area (Å²) in [6.45, 7) is 8.50. The average Bonchev–Trinajstić information content (AvgIpc) is 2.84. The molecule has 4 N–H and O–H groups in total. The fourth-order valence-corrected chi connectivity index (χ4v) is 3.10. The van der Waals surface area contributed by atoms with Gasteiger partial charge in [0.1, 0.15) is 0 Å². The van der Waals surface area contributed by atoms with E-state index in [4.69, 9.17) is 17.0 Å². The Morgan fingerprint density at radius 3 is 2.00 bits per heavy atom. The summed E-state index contributed by atoms with van der Waals surface area (Å²) in [5, 5.41) is 5.05. The number of esters is 1. The highest BCUT2D eigenvalue weighted by Gasteiger charge is 2.15. The summed E-state index contributed by atoms with van der Waals surface area (Å²) in [6.07, 6.45) is 0.549. The van der Waals surface area contributed by atoms with E-state index in [0.717, 1.165) is 5.56 Å². The second-order valence-electron chi connectivity index (χ2n) is 9.04. The van der Waals surface area contributed by atoms with Crippen LogP contribution in [0.3, 0.4) is 0 Å². The number of benzene rings is 2. The Morgan fingerprint density at radius 2 is 1.42 bits per heavy atom. The molecule has 0 aliphatic rings. The van der Waals surface area contributed by atoms with Gasteiger partial charge in [-0.3, -0.25) is 30.0 Å². The van der Waals surface area contributed by atoms with Crippen LogP contribution in [0.2, 0.25) is 0 Å². The van der Waals surface area contributed by atoms with Crippen molar-refractivity contribution in [2.45, 2.75) is 52.4 Å². The predicted octanol–water partition coefficient (Wildman–Crippen LogP) is 3.61. The lowest BCUT2D eigenvalue weighted by molar-refractivity contribution is -0.144. The maximum absolute atomic E-state index is 12.5. The number of nitrogens with one attached hydrogen (secondary N) is 4. The SMILES string of the molecule is CCCOC(=O)CCC(=O)NC(=S)NNC(=O)c1ccc(NC(=O)c2ccc(C(C)(C)C)cc2)cc1. The van der Waals surface area contributed by atoms with Crippen LogP contribution in [0, 0.1) is 0 Å². The minimum atomic E-state index is -0.495. The van der Waals surface area contributed by atoms with Gasteiger partial charge in [0.15, 0.2) is 5.11 Å². The zero-order valence-corrected chi connectivity index (χ0v) is 21.7. The molecule has 0 aliphatic heterocycles. The van der Waals surface area contributed by atoms with Crippen molar-refractivity contribution in [1.29, 1.82) is 0 Å². The summed E-state index contributed by atoms with van der Waals surface area (Å²) in [7, 11) is 0. The summed E-state index contributed by atoms with van der Waals surface area (Å²) in [6, 6.07) is 13.7. The minimum absolute atomic E-state index is 0.000646. The molecular formula is C26H32N4O5S. The lowest BCUT2D eigenvalue weighted by atomic mass is 9.87. The molecule has 2 rings (SSSR count). The summed E-state index contributed by atoms with van der Waals surface area (Å²) in [4.78, 5) is 48.1. The topological polar surface area (TPSA) is 126 Å². The van der Waals surface area contributed by atoms with Crippen LogP contribution < -0.4 is 21.5 Å². The number of rotatable bonds is 8. The average molecular weight is 513 g/mol. The van der Waals surface area contributed by atoms with E-state index in [1.165, 1.54) is 0 Å². The Kier molecular flexibility index (Phi) is 10.5. The number of anilines is 1. The smallest absolute Gasteiger partial charge is 0.306 e. The molecule has 3 amide bonds. The molecule has 0 radical (unpaired) electrons. The molecule has 9 nitrogen and oxygen atoms in total. The van der Waals surface area contributed by atoms with Crippen LogP contribution in [-0.4, -0.2) is 35.4 Å². The van der Waals surface area contributed by atoms with Crippen molar-refractivity contribution in [2.75, 3.05) is 11.9 Å². The van der Waals surface area contributed by atoms with Crippen molar-refractivity contribution < 1.29 is 23.9 Å². The Hall–Kier alpha value is -3.79. The van der Waals surface area contributed by atoms with E-state index in [9.17, 15) is 19.2 Å². The third kappa shape index (κ3) is 9.46. The molecule has 0 heterocycles. The van der Waals surface area contributed by atoms with E-state index >= 15 is 0 Å².